The monoisotopic (exact) mass is 372 g/mol. The van der Waals surface area contributed by atoms with E-state index in [0.29, 0.717) is 17.6 Å². The fraction of sp³-hybridized carbons (Fsp3) is 0.571. The largest absolute Gasteiger partial charge is 0.455 e. The number of hydrogen-bond acceptors (Lipinski definition) is 4. The summed E-state index contributed by atoms with van der Waals surface area (Å²) < 4.78 is 5.24. The van der Waals surface area contributed by atoms with E-state index in [1.165, 1.54) is 32.6 Å². The molecule has 146 valence electrons. The summed E-state index contributed by atoms with van der Waals surface area (Å²) in [4.78, 5) is 37.6. The Labute approximate surface area is 160 Å². The number of esters is 1. The van der Waals surface area contributed by atoms with Gasteiger partial charge in [0, 0.05) is 25.2 Å². The lowest BCUT2D eigenvalue weighted by atomic mass is 9.78. The SMILES string of the molecule is CC(=O)Nc1ccc(CC(=O)OCC(=O)N2CCC[C@H]3CCCC[C@H]32)cc1. The van der Waals surface area contributed by atoms with Crippen LogP contribution in [-0.2, 0) is 25.5 Å². The zero-order valence-corrected chi connectivity index (χ0v) is 15.9. The molecule has 0 unspecified atom stereocenters. The van der Waals surface area contributed by atoms with Crippen LogP contribution < -0.4 is 5.32 Å². The molecule has 0 aromatic heterocycles. The number of carbonyl (C=O) groups excluding carboxylic acids is 3. The second-order valence-corrected chi connectivity index (χ2v) is 7.56. The summed E-state index contributed by atoms with van der Waals surface area (Å²) in [6.45, 7) is 2.05. The van der Waals surface area contributed by atoms with Crippen LogP contribution in [0.3, 0.4) is 0 Å². The lowest BCUT2D eigenvalue weighted by molar-refractivity contribution is -0.154. The number of ether oxygens (including phenoxy) is 1. The van der Waals surface area contributed by atoms with E-state index in [2.05, 4.69) is 5.32 Å². The average Bonchev–Trinajstić information content (AvgIpc) is 2.67. The molecule has 3 rings (SSSR count). The first-order valence-corrected chi connectivity index (χ1v) is 9.84. The Hall–Kier alpha value is -2.37. The first-order chi connectivity index (χ1) is 13.0. The van der Waals surface area contributed by atoms with Crippen LogP contribution in [0.25, 0.3) is 0 Å². The highest BCUT2D eigenvalue weighted by Crippen LogP contribution is 2.35. The van der Waals surface area contributed by atoms with Crippen molar-refractivity contribution in [2.45, 2.75) is 57.9 Å². The molecule has 1 saturated heterocycles. The molecular weight excluding hydrogens is 344 g/mol. The van der Waals surface area contributed by atoms with Crippen molar-refractivity contribution >= 4 is 23.5 Å². The maximum Gasteiger partial charge on any atom is 0.310 e. The van der Waals surface area contributed by atoms with Gasteiger partial charge in [0.25, 0.3) is 5.91 Å². The summed E-state index contributed by atoms with van der Waals surface area (Å²) in [5, 5.41) is 2.68. The van der Waals surface area contributed by atoms with Crippen LogP contribution in [0.5, 0.6) is 0 Å². The summed E-state index contributed by atoms with van der Waals surface area (Å²) in [5.41, 5.74) is 1.47. The third-order valence-corrected chi connectivity index (χ3v) is 5.54. The van der Waals surface area contributed by atoms with E-state index in [0.717, 1.165) is 24.9 Å². The molecule has 1 aromatic carbocycles. The Bertz CT molecular complexity index is 684. The van der Waals surface area contributed by atoms with Gasteiger partial charge in [0.15, 0.2) is 6.61 Å². The molecule has 1 aliphatic heterocycles. The molecule has 2 aliphatic rings. The number of benzene rings is 1. The molecule has 2 atom stereocenters. The topological polar surface area (TPSA) is 75.7 Å². The fourth-order valence-corrected chi connectivity index (χ4v) is 4.29. The number of likely N-dealkylation sites (tertiary alicyclic amines) is 1. The lowest BCUT2D eigenvalue weighted by Gasteiger charge is -2.44. The van der Waals surface area contributed by atoms with Gasteiger partial charge in [0.05, 0.1) is 6.42 Å². The zero-order chi connectivity index (χ0) is 19.2. The maximum absolute atomic E-state index is 12.6. The lowest BCUT2D eigenvalue weighted by Crippen LogP contribution is -2.50. The maximum atomic E-state index is 12.6. The van der Waals surface area contributed by atoms with E-state index in [1.807, 2.05) is 4.90 Å². The van der Waals surface area contributed by atoms with E-state index in [9.17, 15) is 14.4 Å². The summed E-state index contributed by atoms with van der Waals surface area (Å²) in [6, 6.07) is 7.36. The van der Waals surface area contributed by atoms with E-state index >= 15 is 0 Å². The third-order valence-electron chi connectivity index (χ3n) is 5.54. The Morgan fingerprint density at radius 2 is 1.78 bits per heavy atom. The molecule has 0 spiro atoms. The van der Waals surface area contributed by atoms with Gasteiger partial charge < -0.3 is 15.0 Å². The van der Waals surface area contributed by atoms with Gasteiger partial charge in [-0.05, 0) is 49.3 Å². The van der Waals surface area contributed by atoms with Crippen molar-refractivity contribution in [1.29, 1.82) is 0 Å². The van der Waals surface area contributed by atoms with Gasteiger partial charge >= 0.3 is 5.97 Å². The standard InChI is InChI=1S/C21H28N2O4/c1-15(24)22-18-10-8-16(9-11-18)13-21(26)27-14-20(25)23-12-4-6-17-5-2-3-7-19(17)23/h8-11,17,19H,2-7,12-14H2,1H3,(H,22,24)/t17-,19-/m1/s1. The van der Waals surface area contributed by atoms with Gasteiger partial charge in [-0.1, -0.05) is 25.0 Å². The van der Waals surface area contributed by atoms with Crippen molar-refractivity contribution in [3.8, 4) is 0 Å². The van der Waals surface area contributed by atoms with Crippen molar-refractivity contribution in [3.05, 3.63) is 29.8 Å². The number of piperidine rings is 1. The molecule has 1 aromatic rings. The van der Waals surface area contributed by atoms with Crippen molar-refractivity contribution < 1.29 is 19.1 Å². The smallest absolute Gasteiger partial charge is 0.310 e. The predicted molar refractivity (Wildman–Crippen MR) is 102 cm³/mol. The second-order valence-electron chi connectivity index (χ2n) is 7.56. The molecule has 0 bridgehead atoms. The molecule has 27 heavy (non-hydrogen) atoms. The molecule has 0 radical (unpaired) electrons. The minimum absolute atomic E-state index is 0.0686. The molecule has 1 N–H and O–H groups in total. The zero-order valence-electron chi connectivity index (χ0n) is 15.9. The van der Waals surface area contributed by atoms with Gasteiger partial charge in [0.1, 0.15) is 0 Å². The van der Waals surface area contributed by atoms with Crippen LogP contribution in [0, 0.1) is 5.92 Å². The van der Waals surface area contributed by atoms with Crippen molar-refractivity contribution in [2.24, 2.45) is 5.92 Å². The summed E-state index contributed by atoms with van der Waals surface area (Å²) in [7, 11) is 0. The quantitative estimate of drug-likeness (QED) is 0.807. The number of carbonyl (C=O) groups is 3. The highest BCUT2D eigenvalue weighted by Gasteiger charge is 2.35. The predicted octanol–water partition coefficient (Wildman–Crippen LogP) is 2.91. The Balaban J connectivity index is 1.47. The first-order valence-electron chi connectivity index (χ1n) is 9.84. The van der Waals surface area contributed by atoms with Gasteiger partial charge in [0.2, 0.25) is 5.91 Å². The highest BCUT2D eigenvalue weighted by molar-refractivity contribution is 5.88. The molecule has 2 amide bonds. The molecule has 2 fully saturated rings. The number of hydrogen-bond donors (Lipinski definition) is 1. The Kier molecular flexibility index (Phi) is 6.48. The molecule has 6 heteroatoms. The van der Waals surface area contributed by atoms with Crippen molar-refractivity contribution in [2.75, 3.05) is 18.5 Å². The Morgan fingerprint density at radius 3 is 2.52 bits per heavy atom. The number of rotatable bonds is 5. The minimum atomic E-state index is -0.409. The van der Waals surface area contributed by atoms with E-state index in [-0.39, 0.29) is 24.8 Å². The summed E-state index contributed by atoms with van der Waals surface area (Å²) >= 11 is 0. The second kappa shape index (κ2) is 9.02. The normalized spacial score (nSPS) is 21.9. The average molecular weight is 372 g/mol. The van der Waals surface area contributed by atoms with Gasteiger partial charge in [-0.15, -0.1) is 0 Å². The fourth-order valence-electron chi connectivity index (χ4n) is 4.29. The molecule has 1 saturated carbocycles. The van der Waals surface area contributed by atoms with Crippen LogP contribution in [0.15, 0.2) is 24.3 Å². The van der Waals surface area contributed by atoms with Crippen LogP contribution >= 0.6 is 0 Å². The summed E-state index contributed by atoms with van der Waals surface area (Å²) in [6.07, 6.45) is 7.09. The number of nitrogens with zero attached hydrogens (tertiary/aromatic N) is 1. The number of fused-ring (bicyclic) bond motifs is 1. The van der Waals surface area contributed by atoms with Crippen molar-refractivity contribution in [3.63, 3.8) is 0 Å². The van der Waals surface area contributed by atoms with Gasteiger partial charge in [-0.2, -0.15) is 0 Å². The van der Waals surface area contributed by atoms with E-state index < -0.39 is 5.97 Å². The Morgan fingerprint density at radius 1 is 1.07 bits per heavy atom. The third kappa shape index (κ3) is 5.31. The van der Waals surface area contributed by atoms with Crippen LogP contribution in [0.2, 0.25) is 0 Å². The molecule has 1 heterocycles. The van der Waals surface area contributed by atoms with Gasteiger partial charge in [-0.25, -0.2) is 0 Å². The molecular formula is C21H28N2O4. The number of amides is 2. The summed E-state index contributed by atoms with van der Waals surface area (Å²) in [5.74, 6) is 0.00153. The van der Waals surface area contributed by atoms with Crippen LogP contribution in [-0.4, -0.2) is 41.9 Å². The van der Waals surface area contributed by atoms with E-state index in [4.69, 9.17) is 4.74 Å². The molecule has 6 nitrogen and oxygen atoms in total. The van der Waals surface area contributed by atoms with Crippen LogP contribution in [0.4, 0.5) is 5.69 Å². The highest BCUT2D eigenvalue weighted by atomic mass is 16.5. The minimum Gasteiger partial charge on any atom is -0.455 e. The van der Waals surface area contributed by atoms with Gasteiger partial charge in [-0.3, -0.25) is 14.4 Å². The number of nitrogens with one attached hydrogen (secondary N) is 1. The van der Waals surface area contributed by atoms with Crippen LogP contribution in [0.1, 0.15) is 51.0 Å². The number of anilines is 1. The van der Waals surface area contributed by atoms with Crippen molar-refractivity contribution in [1.82, 2.24) is 4.90 Å². The first kappa shape index (κ1) is 19.4. The van der Waals surface area contributed by atoms with E-state index in [1.54, 1.807) is 24.3 Å². The molecule has 1 aliphatic carbocycles.